The van der Waals surface area contributed by atoms with Crippen molar-refractivity contribution in [3.8, 4) is 0 Å². The quantitative estimate of drug-likeness (QED) is 0.716. The van der Waals surface area contributed by atoms with Gasteiger partial charge < -0.3 is 5.32 Å². The average molecular weight is 213 g/mol. The smallest absolute Gasteiger partial charge is 0.263 e. The maximum absolute atomic E-state index is 12.4. The molecule has 0 saturated carbocycles. The van der Waals surface area contributed by atoms with Crippen molar-refractivity contribution in [1.29, 1.82) is 0 Å². The van der Waals surface area contributed by atoms with Crippen LogP contribution in [0.1, 0.15) is 30.9 Å². The molecule has 0 aliphatic rings. The first-order valence-electron chi connectivity index (χ1n) is 5.31. The SMILES string of the molecule is CCCNCCc1cccc(C(F)F)c1. The molecule has 0 atom stereocenters. The first-order chi connectivity index (χ1) is 7.24. The van der Waals surface area contributed by atoms with Gasteiger partial charge >= 0.3 is 0 Å². The maximum atomic E-state index is 12.4. The molecule has 0 fully saturated rings. The summed E-state index contributed by atoms with van der Waals surface area (Å²) in [6.45, 7) is 3.93. The van der Waals surface area contributed by atoms with Crippen LogP contribution >= 0.6 is 0 Å². The van der Waals surface area contributed by atoms with Gasteiger partial charge in [0.1, 0.15) is 0 Å². The Morgan fingerprint density at radius 1 is 1.27 bits per heavy atom. The first kappa shape index (κ1) is 12.1. The van der Waals surface area contributed by atoms with Crippen LogP contribution in [0.5, 0.6) is 0 Å². The van der Waals surface area contributed by atoms with E-state index in [9.17, 15) is 8.78 Å². The summed E-state index contributed by atoms with van der Waals surface area (Å²) in [4.78, 5) is 0. The molecule has 1 aromatic carbocycles. The minimum absolute atomic E-state index is 0.114. The fourth-order valence-corrected chi connectivity index (χ4v) is 1.42. The summed E-state index contributed by atoms with van der Waals surface area (Å²) in [5, 5.41) is 3.24. The van der Waals surface area contributed by atoms with Crippen LogP contribution in [0.3, 0.4) is 0 Å². The van der Waals surface area contributed by atoms with Crippen LogP contribution in [0.25, 0.3) is 0 Å². The van der Waals surface area contributed by atoms with Crippen molar-refractivity contribution in [2.45, 2.75) is 26.2 Å². The molecule has 3 heteroatoms. The van der Waals surface area contributed by atoms with Gasteiger partial charge in [0.2, 0.25) is 0 Å². The molecule has 0 saturated heterocycles. The van der Waals surface area contributed by atoms with Crippen LogP contribution in [0.4, 0.5) is 8.78 Å². The van der Waals surface area contributed by atoms with Gasteiger partial charge in [-0.2, -0.15) is 0 Å². The van der Waals surface area contributed by atoms with Gasteiger partial charge in [0.25, 0.3) is 6.43 Å². The molecule has 0 spiro atoms. The third-order valence-corrected chi connectivity index (χ3v) is 2.22. The van der Waals surface area contributed by atoms with Gasteiger partial charge in [0.05, 0.1) is 0 Å². The molecule has 0 aliphatic heterocycles. The largest absolute Gasteiger partial charge is 0.316 e. The molecular weight excluding hydrogens is 196 g/mol. The summed E-state index contributed by atoms with van der Waals surface area (Å²) >= 11 is 0. The number of halogens is 2. The summed E-state index contributed by atoms with van der Waals surface area (Å²) in [5.41, 5.74) is 1.08. The minimum atomic E-state index is -2.37. The van der Waals surface area contributed by atoms with E-state index in [-0.39, 0.29) is 5.56 Å². The zero-order chi connectivity index (χ0) is 11.1. The van der Waals surface area contributed by atoms with Crippen LogP contribution in [-0.4, -0.2) is 13.1 Å². The number of benzene rings is 1. The third-order valence-electron chi connectivity index (χ3n) is 2.22. The Bertz CT molecular complexity index is 287. The average Bonchev–Trinajstić information content (AvgIpc) is 2.25. The lowest BCUT2D eigenvalue weighted by Crippen LogP contribution is -2.17. The van der Waals surface area contributed by atoms with E-state index in [0.29, 0.717) is 0 Å². The normalized spacial score (nSPS) is 10.9. The Balaban J connectivity index is 2.43. The van der Waals surface area contributed by atoms with E-state index in [1.54, 1.807) is 12.1 Å². The predicted molar refractivity (Wildman–Crippen MR) is 58.3 cm³/mol. The van der Waals surface area contributed by atoms with E-state index in [1.165, 1.54) is 6.07 Å². The van der Waals surface area contributed by atoms with Crippen LogP contribution in [0.15, 0.2) is 24.3 Å². The number of alkyl halides is 2. The van der Waals surface area contributed by atoms with Crippen LogP contribution in [0, 0.1) is 0 Å². The molecule has 1 aromatic rings. The summed E-state index contributed by atoms with van der Waals surface area (Å²) in [5.74, 6) is 0. The lowest BCUT2D eigenvalue weighted by molar-refractivity contribution is 0.151. The highest BCUT2D eigenvalue weighted by Crippen LogP contribution is 2.19. The van der Waals surface area contributed by atoms with E-state index in [1.807, 2.05) is 6.07 Å². The molecule has 1 rings (SSSR count). The zero-order valence-corrected chi connectivity index (χ0v) is 8.97. The topological polar surface area (TPSA) is 12.0 Å². The van der Waals surface area contributed by atoms with E-state index in [0.717, 1.165) is 31.5 Å². The minimum Gasteiger partial charge on any atom is -0.316 e. The van der Waals surface area contributed by atoms with Crippen molar-refractivity contribution >= 4 is 0 Å². The molecule has 1 N–H and O–H groups in total. The van der Waals surface area contributed by atoms with Crippen molar-refractivity contribution in [3.05, 3.63) is 35.4 Å². The van der Waals surface area contributed by atoms with Crippen LogP contribution in [0.2, 0.25) is 0 Å². The van der Waals surface area contributed by atoms with Crippen molar-refractivity contribution in [3.63, 3.8) is 0 Å². The van der Waals surface area contributed by atoms with E-state index in [4.69, 9.17) is 0 Å². The fraction of sp³-hybridized carbons (Fsp3) is 0.500. The van der Waals surface area contributed by atoms with Crippen molar-refractivity contribution < 1.29 is 8.78 Å². The molecule has 0 radical (unpaired) electrons. The summed E-state index contributed by atoms with van der Waals surface area (Å²) in [6.07, 6.45) is -0.467. The highest BCUT2D eigenvalue weighted by Gasteiger charge is 2.06. The van der Waals surface area contributed by atoms with Crippen molar-refractivity contribution in [2.24, 2.45) is 0 Å². The van der Waals surface area contributed by atoms with Gasteiger partial charge in [-0.15, -0.1) is 0 Å². The molecule has 0 amide bonds. The molecule has 0 bridgehead atoms. The maximum Gasteiger partial charge on any atom is 0.263 e. The first-order valence-corrected chi connectivity index (χ1v) is 5.31. The standard InChI is InChI=1S/C12H17F2N/c1-2-7-15-8-6-10-4-3-5-11(9-10)12(13)14/h3-5,9,12,15H,2,6-8H2,1H3. The number of hydrogen-bond acceptors (Lipinski definition) is 1. The molecule has 84 valence electrons. The molecular formula is C12H17F2N. The molecule has 0 aliphatic carbocycles. The van der Waals surface area contributed by atoms with Crippen LogP contribution in [-0.2, 0) is 6.42 Å². The van der Waals surface area contributed by atoms with Crippen molar-refractivity contribution in [1.82, 2.24) is 5.32 Å². The van der Waals surface area contributed by atoms with Gasteiger partial charge in [-0.25, -0.2) is 8.78 Å². The predicted octanol–water partition coefficient (Wildman–Crippen LogP) is 3.17. The van der Waals surface area contributed by atoms with Gasteiger partial charge in [-0.3, -0.25) is 0 Å². The van der Waals surface area contributed by atoms with E-state index >= 15 is 0 Å². The van der Waals surface area contributed by atoms with E-state index < -0.39 is 6.43 Å². The Morgan fingerprint density at radius 2 is 2.07 bits per heavy atom. The third kappa shape index (κ3) is 4.38. The number of hydrogen-bond donors (Lipinski definition) is 1. The monoisotopic (exact) mass is 213 g/mol. The molecule has 0 unspecified atom stereocenters. The molecule has 1 nitrogen and oxygen atoms in total. The van der Waals surface area contributed by atoms with Crippen LogP contribution < -0.4 is 5.32 Å². The molecule has 0 aromatic heterocycles. The molecule has 15 heavy (non-hydrogen) atoms. The zero-order valence-electron chi connectivity index (χ0n) is 8.97. The lowest BCUT2D eigenvalue weighted by Gasteiger charge is -2.05. The lowest BCUT2D eigenvalue weighted by atomic mass is 10.1. The van der Waals surface area contributed by atoms with Gasteiger partial charge in [0.15, 0.2) is 0 Å². The highest BCUT2D eigenvalue weighted by atomic mass is 19.3. The summed E-state index contributed by atoms with van der Waals surface area (Å²) in [6, 6.07) is 6.63. The second-order valence-corrected chi connectivity index (χ2v) is 3.55. The number of nitrogens with one attached hydrogen (secondary N) is 1. The molecule has 0 heterocycles. The highest BCUT2D eigenvalue weighted by molar-refractivity contribution is 5.24. The summed E-state index contributed by atoms with van der Waals surface area (Å²) < 4.78 is 24.7. The Kier molecular flexibility index (Phi) is 5.26. The number of rotatable bonds is 6. The van der Waals surface area contributed by atoms with Gasteiger partial charge in [-0.1, -0.05) is 31.2 Å². The Hall–Kier alpha value is -0.960. The van der Waals surface area contributed by atoms with Gasteiger partial charge in [-0.05, 0) is 31.5 Å². The van der Waals surface area contributed by atoms with Crippen molar-refractivity contribution in [2.75, 3.05) is 13.1 Å². The summed E-state index contributed by atoms with van der Waals surface area (Å²) in [7, 11) is 0. The Labute approximate surface area is 89.5 Å². The van der Waals surface area contributed by atoms with Gasteiger partial charge in [0, 0.05) is 5.56 Å². The fourth-order valence-electron chi connectivity index (χ4n) is 1.42. The second-order valence-electron chi connectivity index (χ2n) is 3.55. The second kappa shape index (κ2) is 6.51. The Morgan fingerprint density at radius 3 is 2.73 bits per heavy atom. The van der Waals surface area contributed by atoms with E-state index in [2.05, 4.69) is 12.2 Å².